The molecule has 1 aliphatic carbocycles. The Labute approximate surface area is 102 Å². The molecule has 0 radical (unpaired) electrons. The largest absolute Gasteiger partial charge is 0.465 e. The lowest BCUT2D eigenvalue weighted by Gasteiger charge is -2.14. The first-order chi connectivity index (χ1) is 7.65. The summed E-state index contributed by atoms with van der Waals surface area (Å²) in [4.78, 5) is 15.8. The molecule has 0 aromatic carbocycles. The second-order valence-electron chi connectivity index (χ2n) is 3.74. The summed E-state index contributed by atoms with van der Waals surface area (Å²) in [5.74, 6) is 0.0888. The van der Waals surface area contributed by atoms with Crippen molar-refractivity contribution in [3.05, 3.63) is 11.6 Å². The van der Waals surface area contributed by atoms with Gasteiger partial charge in [0.05, 0.1) is 6.61 Å². The van der Waals surface area contributed by atoms with Gasteiger partial charge >= 0.3 is 5.97 Å². The molecule has 1 rings (SSSR count). The van der Waals surface area contributed by atoms with Crippen LogP contribution in [0.4, 0.5) is 0 Å². The molecule has 0 aliphatic heterocycles. The number of carbonyl (C=O) groups is 1. The van der Waals surface area contributed by atoms with Gasteiger partial charge in [-0.25, -0.2) is 0 Å². The Morgan fingerprint density at radius 1 is 1.62 bits per heavy atom. The third-order valence-corrected chi connectivity index (χ3v) is 2.99. The average Bonchev–Trinajstić information content (AvgIpc) is 3.09. The molecule has 0 bridgehead atoms. The van der Waals surface area contributed by atoms with Gasteiger partial charge in [-0.3, -0.25) is 9.79 Å². The minimum absolute atomic E-state index is 0.348. The lowest BCUT2D eigenvalue weighted by atomic mass is 10.0. The van der Waals surface area contributed by atoms with Crippen LogP contribution in [0.5, 0.6) is 0 Å². The van der Waals surface area contributed by atoms with E-state index < -0.39 is 5.38 Å². The summed E-state index contributed by atoms with van der Waals surface area (Å²) in [5, 5.41) is -0.732. The second-order valence-corrected chi connectivity index (χ2v) is 4.18. The lowest BCUT2D eigenvalue weighted by molar-refractivity contribution is -0.141. The molecule has 1 aliphatic rings. The van der Waals surface area contributed by atoms with E-state index in [1.165, 1.54) is 0 Å². The molecule has 0 amide bonds. The fourth-order valence-corrected chi connectivity index (χ4v) is 1.97. The molecule has 0 spiro atoms. The van der Waals surface area contributed by atoms with Gasteiger partial charge in [0.15, 0.2) is 5.38 Å². The first-order valence-corrected chi connectivity index (χ1v) is 6.03. The van der Waals surface area contributed by atoms with Crippen LogP contribution in [0.15, 0.2) is 16.6 Å². The molecular formula is C12H18ClNO2. The highest BCUT2D eigenvalue weighted by Gasteiger charge is 2.34. The number of aliphatic imine (C=N–C) groups is 1. The van der Waals surface area contributed by atoms with Crippen LogP contribution in [0.25, 0.3) is 0 Å². The van der Waals surface area contributed by atoms with E-state index in [2.05, 4.69) is 4.99 Å². The minimum Gasteiger partial charge on any atom is -0.465 e. The Hall–Kier alpha value is -0.830. The van der Waals surface area contributed by atoms with E-state index in [1.54, 1.807) is 14.0 Å². The van der Waals surface area contributed by atoms with E-state index in [0.29, 0.717) is 12.5 Å². The highest BCUT2D eigenvalue weighted by Crippen LogP contribution is 2.35. The predicted molar refractivity (Wildman–Crippen MR) is 66.1 cm³/mol. The van der Waals surface area contributed by atoms with Gasteiger partial charge in [-0.1, -0.05) is 6.08 Å². The van der Waals surface area contributed by atoms with Gasteiger partial charge in [0.1, 0.15) is 0 Å². The lowest BCUT2D eigenvalue weighted by Crippen LogP contribution is -2.25. The van der Waals surface area contributed by atoms with E-state index in [4.69, 9.17) is 16.3 Å². The van der Waals surface area contributed by atoms with Crippen molar-refractivity contribution in [3.8, 4) is 0 Å². The monoisotopic (exact) mass is 243 g/mol. The maximum atomic E-state index is 11.6. The molecule has 1 fully saturated rings. The molecule has 0 heterocycles. The highest BCUT2D eigenvalue weighted by molar-refractivity contribution is 6.35. The van der Waals surface area contributed by atoms with Crippen LogP contribution in [0, 0.1) is 5.92 Å². The number of rotatable bonds is 5. The normalized spacial score (nSPS) is 19.5. The molecule has 1 atom stereocenters. The molecule has 1 saturated carbocycles. The number of alkyl halides is 1. The van der Waals surface area contributed by atoms with Crippen LogP contribution in [-0.4, -0.2) is 30.7 Å². The summed E-state index contributed by atoms with van der Waals surface area (Å²) < 4.78 is 4.91. The van der Waals surface area contributed by atoms with Crippen LogP contribution in [0.2, 0.25) is 0 Å². The Kier molecular flexibility index (Phi) is 5.00. The van der Waals surface area contributed by atoms with Crippen molar-refractivity contribution in [3.63, 3.8) is 0 Å². The summed E-state index contributed by atoms with van der Waals surface area (Å²) in [6.45, 7) is 3.99. The number of halogens is 1. The molecule has 1 unspecified atom stereocenters. The SMILES string of the molecule is C/C=C(\C(=NC)C1CC1)C(Cl)C(=O)OCC. The fourth-order valence-electron chi connectivity index (χ4n) is 1.67. The van der Waals surface area contributed by atoms with Gasteiger partial charge in [0.25, 0.3) is 0 Å². The Morgan fingerprint density at radius 2 is 2.25 bits per heavy atom. The molecule has 0 aromatic rings. The second kappa shape index (κ2) is 6.04. The van der Waals surface area contributed by atoms with Gasteiger partial charge in [-0.15, -0.1) is 11.6 Å². The first-order valence-electron chi connectivity index (χ1n) is 5.59. The van der Waals surface area contributed by atoms with E-state index >= 15 is 0 Å². The molecule has 90 valence electrons. The van der Waals surface area contributed by atoms with Crippen molar-refractivity contribution in [1.82, 2.24) is 0 Å². The smallest absolute Gasteiger partial charge is 0.328 e. The molecule has 0 saturated heterocycles. The molecule has 4 heteroatoms. The molecular weight excluding hydrogens is 226 g/mol. The summed E-state index contributed by atoms with van der Waals surface area (Å²) in [6.07, 6.45) is 4.13. The standard InChI is InChI=1S/C12H18ClNO2/c1-4-9(10(13)12(15)16-5-2)11(14-3)8-6-7-8/h4,8,10H,5-7H2,1-3H3/b9-4-,14-11?. The number of hydrogen-bond acceptors (Lipinski definition) is 3. The van der Waals surface area contributed by atoms with E-state index in [0.717, 1.165) is 24.1 Å². The Balaban J connectivity index is 2.77. The number of allylic oxidation sites excluding steroid dienone is 1. The zero-order chi connectivity index (χ0) is 12.1. The molecule has 16 heavy (non-hydrogen) atoms. The van der Waals surface area contributed by atoms with Gasteiger partial charge in [-0.05, 0) is 32.3 Å². The Morgan fingerprint density at radius 3 is 2.62 bits per heavy atom. The van der Waals surface area contributed by atoms with Crippen molar-refractivity contribution in [2.45, 2.75) is 32.1 Å². The molecule has 0 aromatic heterocycles. The van der Waals surface area contributed by atoms with Crippen LogP contribution in [0.3, 0.4) is 0 Å². The Bertz CT molecular complexity index is 319. The predicted octanol–water partition coefficient (Wildman–Crippen LogP) is 2.58. The van der Waals surface area contributed by atoms with E-state index in [9.17, 15) is 4.79 Å². The number of nitrogens with zero attached hydrogens (tertiary/aromatic N) is 1. The highest BCUT2D eigenvalue weighted by atomic mass is 35.5. The van der Waals surface area contributed by atoms with Crippen LogP contribution < -0.4 is 0 Å². The van der Waals surface area contributed by atoms with Crippen molar-refractivity contribution in [2.24, 2.45) is 10.9 Å². The first kappa shape index (κ1) is 13.2. The van der Waals surface area contributed by atoms with Crippen molar-refractivity contribution in [1.29, 1.82) is 0 Å². The van der Waals surface area contributed by atoms with Gasteiger partial charge < -0.3 is 4.74 Å². The van der Waals surface area contributed by atoms with Crippen molar-refractivity contribution >= 4 is 23.3 Å². The quantitative estimate of drug-likeness (QED) is 0.423. The van der Waals surface area contributed by atoms with Gasteiger partial charge in [-0.2, -0.15) is 0 Å². The molecule has 3 nitrogen and oxygen atoms in total. The number of carbonyl (C=O) groups excluding carboxylic acids is 1. The third-order valence-electron chi connectivity index (χ3n) is 2.58. The summed E-state index contributed by atoms with van der Waals surface area (Å²) in [7, 11) is 1.74. The average molecular weight is 244 g/mol. The van der Waals surface area contributed by atoms with Gasteiger partial charge in [0.2, 0.25) is 0 Å². The maximum absolute atomic E-state index is 11.6. The fraction of sp³-hybridized carbons (Fsp3) is 0.667. The van der Waals surface area contributed by atoms with Crippen molar-refractivity contribution in [2.75, 3.05) is 13.7 Å². The summed E-state index contributed by atoms with van der Waals surface area (Å²) in [5.41, 5.74) is 1.75. The van der Waals surface area contributed by atoms with Gasteiger partial charge in [0, 0.05) is 18.7 Å². The zero-order valence-electron chi connectivity index (χ0n) is 10.00. The number of esters is 1. The van der Waals surface area contributed by atoms with E-state index in [-0.39, 0.29) is 5.97 Å². The summed E-state index contributed by atoms with van der Waals surface area (Å²) >= 11 is 6.10. The van der Waals surface area contributed by atoms with Crippen LogP contribution in [0.1, 0.15) is 26.7 Å². The van der Waals surface area contributed by atoms with Crippen LogP contribution >= 0.6 is 11.6 Å². The third kappa shape index (κ3) is 3.08. The topological polar surface area (TPSA) is 38.7 Å². The number of hydrogen-bond donors (Lipinski definition) is 0. The van der Waals surface area contributed by atoms with E-state index in [1.807, 2.05) is 13.0 Å². The minimum atomic E-state index is -0.732. The van der Waals surface area contributed by atoms with Crippen molar-refractivity contribution < 1.29 is 9.53 Å². The number of ether oxygens (including phenoxy) is 1. The molecule has 0 N–H and O–H groups in total. The zero-order valence-corrected chi connectivity index (χ0v) is 10.8. The van der Waals surface area contributed by atoms with Crippen LogP contribution in [-0.2, 0) is 9.53 Å². The maximum Gasteiger partial charge on any atom is 0.328 e. The summed E-state index contributed by atoms with van der Waals surface area (Å²) in [6, 6.07) is 0.